The molecule has 3 aromatic rings. The summed E-state index contributed by atoms with van der Waals surface area (Å²) in [5.74, 6) is 2.84. The molecule has 0 amide bonds. The summed E-state index contributed by atoms with van der Waals surface area (Å²) in [6, 6.07) is 11.5. The van der Waals surface area contributed by atoms with Gasteiger partial charge in [-0.15, -0.1) is 0 Å². The Morgan fingerprint density at radius 3 is 2.65 bits per heavy atom. The Morgan fingerprint density at radius 1 is 1.12 bits per heavy atom. The lowest BCUT2D eigenvalue weighted by Crippen LogP contribution is -2.43. The number of aromatic nitrogens is 4. The minimum atomic E-state index is -3.19. The number of likely N-dealkylation sites (tertiary alicyclic amines) is 1. The lowest BCUT2D eigenvalue weighted by Gasteiger charge is -2.36. The van der Waals surface area contributed by atoms with E-state index in [-0.39, 0.29) is 0 Å². The summed E-state index contributed by atoms with van der Waals surface area (Å²) in [5.41, 5.74) is 2.21. The minimum absolute atomic E-state index is 0.348. The van der Waals surface area contributed by atoms with Gasteiger partial charge in [0.1, 0.15) is 5.82 Å². The van der Waals surface area contributed by atoms with Gasteiger partial charge < -0.3 is 10.2 Å². The molecule has 1 saturated heterocycles. The zero-order chi connectivity index (χ0) is 23.7. The molecule has 0 bridgehead atoms. The normalized spacial score (nSPS) is 17.6. The number of hydrogen-bond donors (Lipinski definition) is 2. The van der Waals surface area contributed by atoms with E-state index in [4.69, 9.17) is 4.98 Å². The monoisotopic (exact) mass is 481 g/mol. The second-order valence-corrected chi connectivity index (χ2v) is 11.4. The molecule has 10 heteroatoms. The molecular formula is C24H31N7O2S. The van der Waals surface area contributed by atoms with Crippen molar-refractivity contribution < 1.29 is 8.42 Å². The molecule has 3 heterocycles. The number of benzene rings is 1. The van der Waals surface area contributed by atoms with Crippen LogP contribution in [0.3, 0.4) is 0 Å². The average molecular weight is 482 g/mol. The third-order valence-corrected chi connectivity index (χ3v) is 7.78. The van der Waals surface area contributed by atoms with Gasteiger partial charge >= 0.3 is 0 Å². The summed E-state index contributed by atoms with van der Waals surface area (Å²) in [6.45, 7) is 2.63. The standard InChI is InChI=1S/C24H31N7O2S/c1-30(24-25-11-8-22(27-24)26-23-15-21(28-29-23)18-6-7-18)19-9-12-31(13-10-19)16-17-4-3-5-20(14-17)34(2,32)33/h3-5,8,11,14-15,18-19H,6-7,9-10,12-13,16H2,1-2H3,(H2,25,26,27,28,29). The highest BCUT2D eigenvalue weighted by atomic mass is 32.2. The van der Waals surface area contributed by atoms with E-state index in [0.29, 0.717) is 22.8 Å². The Labute approximate surface area is 200 Å². The van der Waals surface area contributed by atoms with Gasteiger partial charge in [0.2, 0.25) is 5.95 Å². The number of aromatic amines is 1. The number of sulfone groups is 1. The Morgan fingerprint density at radius 2 is 1.91 bits per heavy atom. The molecule has 0 atom stereocenters. The smallest absolute Gasteiger partial charge is 0.227 e. The van der Waals surface area contributed by atoms with Gasteiger partial charge in [0.25, 0.3) is 0 Å². The number of rotatable bonds is 8. The molecule has 0 unspecified atom stereocenters. The van der Waals surface area contributed by atoms with Crippen LogP contribution in [0.25, 0.3) is 0 Å². The highest BCUT2D eigenvalue weighted by molar-refractivity contribution is 7.90. The number of hydrogen-bond acceptors (Lipinski definition) is 8. The first-order valence-electron chi connectivity index (χ1n) is 11.7. The van der Waals surface area contributed by atoms with Crippen molar-refractivity contribution in [3.8, 4) is 0 Å². The van der Waals surface area contributed by atoms with Gasteiger partial charge in [-0.1, -0.05) is 12.1 Å². The first kappa shape index (κ1) is 22.8. The third-order valence-electron chi connectivity index (χ3n) is 6.67. The van der Waals surface area contributed by atoms with Crippen LogP contribution in [0.2, 0.25) is 0 Å². The largest absolute Gasteiger partial charge is 0.341 e. The fourth-order valence-corrected chi connectivity index (χ4v) is 5.18. The van der Waals surface area contributed by atoms with Crippen molar-refractivity contribution in [3.63, 3.8) is 0 Å². The van der Waals surface area contributed by atoms with Crippen LogP contribution < -0.4 is 10.2 Å². The fraction of sp³-hybridized carbons (Fsp3) is 0.458. The second kappa shape index (κ2) is 9.34. The molecule has 180 valence electrons. The van der Waals surface area contributed by atoms with Gasteiger partial charge in [0, 0.05) is 62.9 Å². The van der Waals surface area contributed by atoms with Gasteiger partial charge in [0.15, 0.2) is 15.7 Å². The minimum Gasteiger partial charge on any atom is -0.341 e. The van der Waals surface area contributed by atoms with Crippen LogP contribution in [0.15, 0.2) is 47.5 Å². The van der Waals surface area contributed by atoms with E-state index in [0.717, 1.165) is 49.7 Å². The molecule has 1 saturated carbocycles. The summed E-state index contributed by atoms with van der Waals surface area (Å²) < 4.78 is 23.7. The van der Waals surface area contributed by atoms with E-state index < -0.39 is 9.84 Å². The maximum Gasteiger partial charge on any atom is 0.227 e. The molecule has 2 N–H and O–H groups in total. The van der Waals surface area contributed by atoms with Crippen LogP contribution in [0.1, 0.15) is 42.9 Å². The van der Waals surface area contributed by atoms with E-state index in [1.807, 2.05) is 18.2 Å². The van der Waals surface area contributed by atoms with Crippen molar-refractivity contribution in [2.45, 2.75) is 49.1 Å². The maximum atomic E-state index is 11.8. The molecule has 34 heavy (non-hydrogen) atoms. The predicted octanol–water partition coefficient (Wildman–Crippen LogP) is 3.33. The van der Waals surface area contributed by atoms with Gasteiger partial charge in [0.05, 0.1) is 4.90 Å². The van der Waals surface area contributed by atoms with Gasteiger partial charge in [-0.2, -0.15) is 10.1 Å². The number of H-pyrrole nitrogens is 1. The molecule has 2 aromatic heterocycles. The van der Waals surface area contributed by atoms with Crippen LogP contribution in [0.4, 0.5) is 17.6 Å². The molecule has 0 radical (unpaired) electrons. The summed E-state index contributed by atoms with van der Waals surface area (Å²) >= 11 is 0. The SMILES string of the molecule is CN(c1nccc(Nc2cc(C3CC3)[nH]n2)n1)C1CCN(Cc2cccc(S(C)(=O)=O)c2)CC1. The topological polar surface area (TPSA) is 107 Å². The lowest BCUT2D eigenvalue weighted by atomic mass is 10.0. The van der Waals surface area contributed by atoms with Crippen molar-refractivity contribution in [1.82, 2.24) is 25.1 Å². The van der Waals surface area contributed by atoms with Crippen LogP contribution in [0, 0.1) is 0 Å². The molecule has 2 aliphatic rings. The van der Waals surface area contributed by atoms with Crippen molar-refractivity contribution in [2.75, 3.05) is 36.6 Å². The molecule has 1 aliphatic heterocycles. The molecule has 0 spiro atoms. The van der Waals surface area contributed by atoms with Gasteiger partial charge in [-0.25, -0.2) is 13.4 Å². The third kappa shape index (κ3) is 5.39. The highest BCUT2D eigenvalue weighted by Gasteiger charge is 2.26. The number of piperidine rings is 1. The highest BCUT2D eigenvalue weighted by Crippen LogP contribution is 2.39. The van der Waals surface area contributed by atoms with Crippen molar-refractivity contribution in [3.05, 3.63) is 53.9 Å². The van der Waals surface area contributed by atoms with Gasteiger partial charge in [-0.3, -0.25) is 10.00 Å². The van der Waals surface area contributed by atoms with E-state index >= 15 is 0 Å². The summed E-state index contributed by atoms with van der Waals surface area (Å²) in [5, 5.41) is 10.7. The van der Waals surface area contributed by atoms with Crippen LogP contribution in [0.5, 0.6) is 0 Å². The Kier molecular flexibility index (Phi) is 6.26. The maximum absolute atomic E-state index is 11.8. The van der Waals surface area contributed by atoms with E-state index in [1.165, 1.54) is 24.8 Å². The summed E-state index contributed by atoms with van der Waals surface area (Å²) in [7, 11) is -1.14. The average Bonchev–Trinajstić information content (AvgIpc) is 3.58. The van der Waals surface area contributed by atoms with Crippen molar-refractivity contribution in [2.24, 2.45) is 0 Å². The number of nitrogens with one attached hydrogen (secondary N) is 2. The van der Waals surface area contributed by atoms with E-state index in [9.17, 15) is 8.42 Å². The number of nitrogens with zero attached hydrogens (tertiary/aromatic N) is 5. The molecule has 9 nitrogen and oxygen atoms in total. The second-order valence-electron chi connectivity index (χ2n) is 9.39. The zero-order valence-electron chi connectivity index (χ0n) is 19.6. The van der Waals surface area contributed by atoms with E-state index in [1.54, 1.807) is 18.3 Å². The lowest BCUT2D eigenvalue weighted by molar-refractivity contribution is 0.203. The fourth-order valence-electron chi connectivity index (χ4n) is 4.48. The quantitative estimate of drug-likeness (QED) is 0.505. The van der Waals surface area contributed by atoms with E-state index in [2.05, 4.69) is 43.4 Å². The van der Waals surface area contributed by atoms with Crippen LogP contribution >= 0.6 is 0 Å². The summed E-state index contributed by atoms with van der Waals surface area (Å²) in [4.78, 5) is 14.1. The van der Waals surface area contributed by atoms with Crippen molar-refractivity contribution >= 4 is 27.4 Å². The molecule has 1 aliphatic carbocycles. The Bertz CT molecular complexity index is 1250. The zero-order valence-corrected chi connectivity index (χ0v) is 20.4. The van der Waals surface area contributed by atoms with Crippen LogP contribution in [-0.2, 0) is 16.4 Å². The van der Waals surface area contributed by atoms with Gasteiger partial charge in [-0.05, 0) is 49.4 Å². The molecule has 1 aromatic carbocycles. The molecule has 2 fully saturated rings. The van der Waals surface area contributed by atoms with Crippen LogP contribution in [-0.4, -0.2) is 65.9 Å². The Hall–Kier alpha value is -2.98. The Balaban J connectivity index is 1.17. The first-order valence-corrected chi connectivity index (χ1v) is 13.6. The predicted molar refractivity (Wildman–Crippen MR) is 132 cm³/mol. The summed E-state index contributed by atoms with van der Waals surface area (Å²) in [6.07, 6.45) is 7.48. The number of anilines is 3. The first-order chi connectivity index (χ1) is 16.3. The molecule has 5 rings (SSSR count). The van der Waals surface area contributed by atoms with Crippen molar-refractivity contribution in [1.29, 1.82) is 0 Å². The molecular weight excluding hydrogens is 450 g/mol.